The molecule has 2 heterocycles. The Hall–Kier alpha value is -3.51. The highest BCUT2D eigenvalue weighted by atomic mass is 32.2. The van der Waals surface area contributed by atoms with Gasteiger partial charge in [0.15, 0.2) is 0 Å². The molecule has 140 valence electrons. The maximum Gasteiger partial charge on any atom is 0.264 e. The summed E-state index contributed by atoms with van der Waals surface area (Å²) in [6.07, 6.45) is 2.88. The number of benzene rings is 2. The van der Waals surface area contributed by atoms with Crippen LogP contribution in [0.5, 0.6) is 0 Å². The van der Waals surface area contributed by atoms with Gasteiger partial charge in [-0.1, -0.05) is 18.2 Å². The van der Waals surface area contributed by atoms with Crippen LogP contribution in [-0.2, 0) is 16.6 Å². The number of halogens is 2. The zero-order valence-corrected chi connectivity index (χ0v) is 15.0. The number of H-pyrrole nitrogens is 1. The number of aromatic nitrogens is 2. The molecule has 28 heavy (non-hydrogen) atoms. The predicted octanol–water partition coefficient (Wildman–Crippen LogP) is 4.21. The maximum absolute atomic E-state index is 14.2. The molecule has 0 saturated heterocycles. The third kappa shape index (κ3) is 2.93. The van der Waals surface area contributed by atoms with Gasteiger partial charge in [-0.05, 0) is 12.1 Å². The van der Waals surface area contributed by atoms with E-state index in [0.29, 0.717) is 16.4 Å². The van der Waals surface area contributed by atoms with E-state index in [1.54, 1.807) is 18.3 Å². The molecule has 0 spiro atoms. The molecule has 0 saturated carbocycles. The number of pyridine rings is 1. The first-order chi connectivity index (χ1) is 13.4. The molecule has 6 nitrogen and oxygen atoms in total. The van der Waals surface area contributed by atoms with Crippen molar-refractivity contribution in [1.29, 1.82) is 0 Å². The highest BCUT2D eigenvalue weighted by Crippen LogP contribution is 2.30. The molecule has 9 heteroatoms. The number of hydrogen-bond acceptors (Lipinski definition) is 3. The zero-order valence-electron chi connectivity index (χ0n) is 14.2. The van der Waals surface area contributed by atoms with Gasteiger partial charge in [0.05, 0.1) is 22.3 Å². The van der Waals surface area contributed by atoms with E-state index >= 15 is 0 Å². The molecule has 0 unspecified atom stereocenters. The molecule has 4 rings (SSSR count). The summed E-state index contributed by atoms with van der Waals surface area (Å²) in [7, 11) is -4.22. The number of aromatic amines is 1. The number of sulfonamides is 1. The first-order valence-corrected chi connectivity index (χ1v) is 9.58. The minimum absolute atomic E-state index is 0.141. The maximum atomic E-state index is 14.2. The van der Waals surface area contributed by atoms with E-state index in [4.69, 9.17) is 6.57 Å². The number of nitrogens with one attached hydrogen (secondary N) is 2. The van der Waals surface area contributed by atoms with Crippen LogP contribution in [0.15, 0.2) is 53.7 Å². The third-order valence-electron chi connectivity index (χ3n) is 4.31. The molecule has 2 aromatic carbocycles. The van der Waals surface area contributed by atoms with Crippen LogP contribution in [-0.4, -0.2) is 18.4 Å². The molecule has 0 amide bonds. The van der Waals surface area contributed by atoms with Crippen LogP contribution in [0.4, 0.5) is 14.5 Å². The standard InChI is InChI=1S/C19H12F2N4O2S/c1-22-9-12-7-15(21)16(8-14(12)20)25-28(26,27)17-10-24-19-13(17)5-4-11-3-2-6-23-18(11)19/h2-8,10,23,25H,9H2. The Morgan fingerprint density at radius 1 is 1.18 bits per heavy atom. The van der Waals surface area contributed by atoms with Crippen molar-refractivity contribution in [1.82, 2.24) is 9.97 Å². The summed E-state index contributed by atoms with van der Waals surface area (Å²) in [6, 6.07) is 8.57. The molecule has 0 aliphatic heterocycles. The molecule has 0 atom stereocenters. The molecule has 0 aliphatic carbocycles. The van der Waals surface area contributed by atoms with Crippen LogP contribution in [0.1, 0.15) is 5.56 Å². The summed E-state index contributed by atoms with van der Waals surface area (Å²) in [5.74, 6) is -1.83. The van der Waals surface area contributed by atoms with E-state index < -0.39 is 27.3 Å². The summed E-state index contributed by atoms with van der Waals surface area (Å²) in [5.41, 5.74) is 0.450. The highest BCUT2D eigenvalue weighted by molar-refractivity contribution is 7.93. The highest BCUT2D eigenvalue weighted by Gasteiger charge is 2.23. The fourth-order valence-corrected chi connectivity index (χ4v) is 4.19. The Labute approximate surface area is 158 Å². The molecule has 2 aromatic heterocycles. The van der Waals surface area contributed by atoms with Crippen LogP contribution in [0.25, 0.3) is 26.7 Å². The number of hydrogen-bond donors (Lipinski definition) is 2. The van der Waals surface area contributed by atoms with E-state index in [-0.39, 0.29) is 17.0 Å². The number of nitrogens with zero attached hydrogens (tertiary/aromatic N) is 2. The van der Waals surface area contributed by atoms with Crippen molar-refractivity contribution in [3.05, 3.63) is 77.4 Å². The fourth-order valence-electron chi connectivity index (χ4n) is 2.99. The topological polar surface area (TPSA) is 79.2 Å². The van der Waals surface area contributed by atoms with Crippen molar-refractivity contribution in [3.8, 4) is 0 Å². The van der Waals surface area contributed by atoms with Gasteiger partial charge in [-0.2, -0.15) is 0 Å². The van der Waals surface area contributed by atoms with Crippen molar-refractivity contribution in [2.24, 2.45) is 0 Å². The second-order valence-corrected chi connectivity index (χ2v) is 7.71. The lowest BCUT2D eigenvalue weighted by Gasteiger charge is -2.09. The lowest BCUT2D eigenvalue weighted by Crippen LogP contribution is -2.14. The fraction of sp³-hybridized carbons (Fsp3) is 0.0526. The molecule has 0 radical (unpaired) electrons. The largest absolute Gasteiger partial charge is 0.359 e. The molecule has 4 aromatic rings. The molecule has 2 N–H and O–H groups in total. The van der Waals surface area contributed by atoms with Gasteiger partial charge >= 0.3 is 0 Å². The van der Waals surface area contributed by atoms with Gasteiger partial charge in [-0.3, -0.25) is 9.71 Å². The molecule has 0 bridgehead atoms. The molecule has 0 fully saturated rings. The average Bonchev–Trinajstić information content (AvgIpc) is 3.11. The predicted molar refractivity (Wildman–Crippen MR) is 101 cm³/mol. The van der Waals surface area contributed by atoms with Crippen LogP contribution < -0.4 is 4.72 Å². The molecular weight excluding hydrogens is 386 g/mol. The molecule has 0 aliphatic rings. The van der Waals surface area contributed by atoms with Gasteiger partial charge in [-0.15, -0.1) is 0 Å². The van der Waals surface area contributed by atoms with Crippen LogP contribution in [0.3, 0.4) is 0 Å². The van der Waals surface area contributed by atoms with Crippen molar-refractivity contribution in [2.75, 3.05) is 4.72 Å². The number of fused-ring (bicyclic) bond motifs is 3. The van der Waals surface area contributed by atoms with Gasteiger partial charge in [0.25, 0.3) is 10.0 Å². The van der Waals surface area contributed by atoms with Crippen LogP contribution in [0, 0.1) is 18.2 Å². The Bertz CT molecular complexity index is 1370. The minimum Gasteiger partial charge on any atom is -0.359 e. The van der Waals surface area contributed by atoms with E-state index in [1.165, 1.54) is 6.20 Å². The monoisotopic (exact) mass is 398 g/mol. The lowest BCUT2D eigenvalue weighted by atomic mass is 10.1. The second-order valence-electron chi connectivity index (χ2n) is 6.06. The minimum atomic E-state index is -4.22. The third-order valence-corrected chi connectivity index (χ3v) is 5.70. The van der Waals surface area contributed by atoms with Gasteiger partial charge in [-0.25, -0.2) is 23.8 Å². The first kappa shape index (κ1) is 17.9. The Balaban J connectivity index is 1.79. The second kappa shape index (κ2) is 6.58. The quantitative estimate of drug-likeness (QED) is 0.506. The summed E-state index contributed by atoms with van der Waals surface area (Å²) in [4.78, 5) is 10.1. The van der Waals surface area contributed by atoms with Crippen molar-refractivity contribution < 1.29 is 17.2 Å². The Morgan fingerprint density at radius 2 is 2.00 bits per heavy atom. The van der Waals surface area contributed by atoms with Crippen LogP contribution >= 0.6 is 0 Å². The number of rotatable bonds is 4. The summed E-state index contributed by atoms with van der Waals surface area (Å²) >= 11 is 0. The van der Waals surface area contributed by atoms with Gasteiger partial charge < -0.3 is 9.83 Å². The van der Waals surface area contributed by atoms with Crippen molar-refractivity contribution >= 4 is 37.5 Å². The van der Waals surface area contributed by atoms with E-state index in [1.807, 2.05) is 12.1 Å². The van der Waals surface area contributed by atoms with Gasteiger partial charge in [0.1, 0.15) is 16.5 Å². The van der Waals surface area contributed by atoms with E-state index in [0.717, 1.165) is 17.5 Å². The Morgan fingerprint density at radius 3 is 2.79 bits per heavy atom. The van der Waals surface area contributed by atoms with Crippen molar-refractivity contribution in [3.63, 3.8) is 0 Å². The molecular formula is C19H12F2N4O2S. The van der Waals surface area contributed by atoms with E-state index in [9.17, 15) is 17.2 Å². The summed E-state index contributed by atoms with van der Waals surface area (Å²) < 4.78 is 55.9. The van der Waals surface area contributed by atoms with Crippen LogP contribution in [0.2, 0.25) is 0 Å². The first-order valence-electron chi connectivity index (χ1n) is 8.09. The van der Waals surface area contributed by atoms with Gasteiger partial charge in [0.2, 0.25) is 6.54 Å². The normalized spacial score (nSPS) is 11.6. The van der Waals surface area contributed by atoms with Crippen molar-refractivity contribution in [2.45, 2.75) is 11.4 Å². The zero-order chi connectivity index (χ0) is 19.9. The smallest absolute Gasteiger partial charge is 0.264 e. The van der Waals surface area contributed by atoms with E-state index in [2.05, 4.69) is 19.5 Å². The SMILES string of the molecule is [C-]#[N+]Cc1cc(F)c(NS(=O)(=O)c2cnc3c2ccc2ccc[nH]c23)cc1F. The lowest BCUT2D eigenvalue weighted by molar-refractivity contribution is 0.588. The summed E-state index contributed by atoms with van der Waals surface area (Å²) in [6.45, 7) is 6.41. The number of anilines is 1. The Kier molecular flexibility index (Phi) is 4.20. The summed E-state index contributed by atoms with van der Waals surface area (Å²) in [5, 5.41) is 1.21. The van der Waals surface area contributed by atoms with Gasteiger partial charge in [0, 0.05) is 29.2 Å². The average molecular weight is 398 g/mol.